The average Bonchev–Trinajstić information content (AvgIpc) is 3.62. The van der Waals surface area contributed by atoms with Gasteiger partial charge >= 0.3 is 0 Å². The van der Waals surface area contributed by atoms with Gasteiger partial charge in [0, 0.05) is 48.4 Å². The molecule has 6 heteroatoms. The van der Waals surface area contributed by atoms with Crippen LogP contribution in [0.25, 0.3) is 27.8 Å². The second kappa shape index (κ2) is 10.5. The first-order chi connectivity index (χ1) is 19.0. The first-order valence-corrected chi connectivity index (χ1v) is 14.6. The van der Waals surface area contributed by atoms with Gasteiger partial charge in [-0.1, -0.05) is 69.6 Å². The van der Waals surface area contributed by atoms with Gasteiger partial charge in [0.1, 0.15) is 5.82 Å². The van der Waals surface area contributed by atoms with Gasteiger partial charge in [0.2, 0.25) is 0 Å². The van der Waals surface area contributed by atoms with Crippen molar-refractivity contribution in [2.24, 2.45) is 0 Å². The maximum Gasteiger partial charge on any atom is 0.128 e. The Balaban J connectivity index is 1.54. The molecule has 0 saturated carbocycles. The van der Waals surface area contributed by atoms with E-state index in [1.54, 1.807) is 0 Å². The molecule has 5 nitrogen and oxygen atoms in total. The minimum Gasteiger partial charge on any atom is -0.360 e. The third kappa shape index (κ3) is 4.43. The average molecular weight is 538 g/mol. The van der Waals surface area contributed by atoms with E-state index in [1.165, 1.54) is 33.6 Å². The molecule has 200 valence electrons. The molecule has 3 aromatic heterocycles. The lowest BCUT2D eigenvalue weighted by Gasteiger charge is -2.28. The summed E-state index contributed by atoms with van der Waals surface area (Å²) in [6.07, 6.45) is 7.92. The summed E-state index contributed by atoms with van der Waals surface area (Å²) in [7, 11) is 0. The van der Waals surface area contributed by atoms with Crippen LogP contribution >= 0.6 is 11.6 Å². The number of benzene rings is 2. The number of hydrogen-bond acceptors (Lipinski definition) is 3. The van der Waals surface area contributed by atoms with Crippen LogP contribution in [0.1, 0.15) is 68.0 Å². The van der Waals surface area contributed by atoms with Gasteiger partial charge in [-0.25, -0.2) is 9.67 Å². The van der Waals surface area contributed by atoms with Crippen LogP contribution in [-0.2, 0) is 25.8 Å². The van der Waals surface area contributed by atoms with Crippen molar-refractivity contribution in [2.45, 2.75) is 65.8 Å². The molecule has 0 saturated heterocycles. The Bertz CT molecular complexity index is 1610. The number of pyridine rings is 1. The number of H-pyrrole nitrogens is 1. The number of aromatic nitrogens is 4. The molecule has 0 amide bonds. The van der Waals surface area contributed by atoms with E-state index in [2.05, 4.69) is 90.9 Å². The standard InChI is InChI=1S/C33H36ClN5/c1-5-21(4)24-11-14-30(36-19-24)38-18-16-29-27(20-38)33(26-12-13-28(34)31-25(26)15-17-35-31)39(37-29)32-22(6-2)9-8-10-23(32)7-3/h8-15,17,19,21,35H,5-7,16,18,20H2,1-4H3. The number of aromatic amines is 1. The van der Waals surface area contributed by atoms with Crippen molar-refractivity contribution >= 4 is 28.3 Å². The van der Waals surface area contributed by atoms with Gasteiger partial charge in [0.15, 0.2) is 0 Å². The summed E-state index contributed by atoms with van der Waals surface area (Å²) in [6.45, 7) is 10.6. The molecule has 0 radical (unpaired) electrons. The first-order valence-electron chi connectivity index (χ1n) is 14.2. The van der Waals surface area contributed by atoms with E-state index in [4.69, 9.17) is 21.7 Å². The number of anilines is 1. The topological polar surface area (TPSA) is 49.7 Å². The number of nitrogens with one attached hydrogen (secondary N) is 1. The molecule has 1 N–H and O–H groups in total. The van der Waals surface area contributed by atoms with Gasteiger partial charge in [0.05, 0.1) is 27.6 Å². The summed E-state index contributed by atoms with van der Waals surface area (Å²) in [5.74, 6) is 1.54. The molecule has 1 unspecified atom stereocenters. The molecule has 5 aromatic rings. The van der Waals surface area contributed by atoms with Gasteiger partial charge in [0.25, 0.3) is 0 Å². The highest BCUT2D eigenvalue weighted by Gasteiger charge is 2.29. The molecule has 1 atom stereocenters. The Morgan fingerprint density at radius 2 is 1.79 bits per heavy atom. The molecule has 6 rings (SSSR count). The maximum atomic E-state index is 6.61. The number of hydrogen-bond donors (Lipinski definition) is 1. The lowest BCUT2D eigenvalue weighted by Crippen LogP contribution is -2.31. The summed E-state index contributed by atoms with van der Waals surface area (Å²) in [5.41, 5.74) is 10.9. The minimum absolute atomic E-state index is 0.518. The lowest BCUT2D eigenvalue weighted by molar-refractivity contribution is 0.700. The van der Waals surface area contributed by atoms with Crippen LogP contribution < -0.4 is 4.90 Å². The minimum atomic E-state index is 0.518. The Labute approximate surface area is 235 Å². The molecule has 1 aliphatic heterocycles. The van der Waals surface area contributed by atoms with Gasteiger partial charge in [-0.15, -0.1) is 0 Å². The number of para-hydroxylation sites is 1. The van der Waals surface area contributed by atoms with Crippen molar-refractivity contribution < 1.29 is 0 Å². The van der Waals surface area contributed by atoms with Crippen LogP contribution in [0.4, 0.5) is 5.82 Å². The van der Waals surface area contributed by atoms with Crippen molar-refractivity contribution in [1.82, 2.24) is 19.7 Å². The molecule has 39 heavy (non-hydrogen) atoms. The van der Waals surface area contributed by atoms with Crippen LogP contribution in [-0.4, -0.2) is 26.3 Å². The predicted molar refractivity (Wildman–Crippen MR) is 162 cm³/mol. The molecular formula is C33H36ClN5. The highest BCUT2D eigenvalue weighted by atomic mass is 35.5. The van der Waals surface area contributed by atoms with E-state index in [1.807, 2.05) is 12.3 Å². The zero-order valence-corrected chi connectivity index (χ0v) is 24.0. The van der Waals surface area contributed by atoms with Crippen LogP contribution in [0.5, 0.6) is 0 Å². The van der Waals surface area contributed by atoms with Gasteiger partial charge < -0.3 is 9.88 Å². The third-order valence-corrected chi connectivity index (χ3v) is 8.73. The molecule has 0 spiro atoms. The molecule has 0 aliphatic carbocycles. The lowest BCUT2D eigenvalue weighted by atomic mass is 9.97. The van der Waals surface area contributed by atoms with E-state index < -0.39 is 0 Å². The van der Waals surface area contributed by atoms with E-state index >= 15 is 0 Å². The monoisotopic (exact) mass is 537 g/mol. The van der Waals surface area contributed by atoms with E-state index in [0.717, 1.165) is 71.8 Å². The highest BCUT2D eigenvalue weighted by Crippen LogP contribution is 2.40. The zero-order chi connectivity index (χ0) is 27.1. The molecule has 1 aliphatic rings. The summed E-state index contributed by atoms with van der Waals surface area (Å²) in [6, 6.07) is 17.4. The summed E-state index contributed by atoms with van der Waals surface area (Å²) >= 11 is 6.61. The van der Waals surface area contributed by atoms with Crippen molar-refractivity contribution in [3.63, 3.8) is 0 Å². The van der Waals surface area contributed by atoms with Crippen LogP contribution in [0.15, 0.2) is 60.9 Å². The Hall–Kier alpha value is -3.57. The normalized spacial score (nSPS) is 14.1. The fourth-order valence-electron chi connectivity index (χ4n) is 5.93. The quantitative estimate of drug-likeness (QED) is 0.227. The van der Waals surface area contributed by atoms with E-state index in [-0.39, 0.29) is 0 Å². The smallest absolute Gasteiger partial charge is 0.128 e. The highest BCUT2D eigenvalue weighted by molar-refractivity contribution is 6.35. The second-order valence-corrected chi connectivity index (χ2v) is 11.0. The first kappa shape index (κ1) is 25.7. The largest absolute Gasteiger partial charge is 0.360 e. The van der Waals surface area contributed by atoms with Gasteiger partial charge in [-0.2, -0.15) is 5.10 Å². The number of aryl methyl sites for hydroxylation is 2. The predicted octanol–water partition coefficient (Wildman–Crippen LogP) is 8.27. The van der Waals surface area contributed by atoms with E-state index in [0.29, 0.717) is 5.92 Å². The summed E-state index contributed by atoms with van der Waals surface area (Å²) in [5, 5.41) is 7.18. The van der Waals surface area contributed by atoms with Gasteiger partial charge in [-0.05, 0) is 60.1 Å². The van der Waals surface area contributed by atoms with Gasteiger partial charge in [-0.3, -0.25) is 0 Å². The number of nitrogens with zero attached hydrogens (tertiary/aromatic N) is 4. The second-order valence-electron chi connectivity index (χ2n) is 10.6. The van der Waals surface area contributed by atoms with E-state index in [9.17, 15) is 0 Å². The summed E-state index contributed by atoms with van der Waals surface area (Å²) in [4.78, 5) is 10.6. The van der Waals surface area contributed by atoms with Crippen LogP contribution in [0, 0.1) is 0 Å². The molecular weight excluding hydrogens is 502 g/mol. The fourth-order valence-corrected chi connectivity index (χ4v) is 6.15. The molecule has 4 heterocycles. The zero-order valence-electron chi connectivity index (χ0n) is 23.3. The van der Waals surface area contributed by atoms with Crippen LogP contribution in [0.3, 0.4) is 0 Å². The van der Waals surface area contributed by atoms with Crippen molar-refractivity contribution in [1.29, 1.82) is 0 Å². The number of rotatable bonds is 7. The van der Waals surface area contributed by atoms with Crippen molar-refractivity contribution in [2.75, 3.05) is 11.4 Å². The van der Waals surface area contributed by atoms with Crippen molar-refractivity contribution in [3.05, 3.63) is 93.9 Å². The molecule has 0 fully saturated rings. The third-order valence-electron chi connectivity index (χ3n) is 8.41. The summed E-state index contributed by atoms with van der Waals surface area (Å²) < 4.78 is 2.24. The SMILES string of the molecule is CCc1cccc(CC)c1-n1nc2c(c1-c1ccc(Cl)c3[nH]ccc13)CN(c1ccc(C(C)CC)cn1)CC2. The molecule has 2 aromatic carbocycles. The Morgan fingerprint density at radius 1 is 1.00 bits per heavy atom. The Morgan fingerprint density at radius 3 is 2.49 bits per heavy atom. The number of halogens is 1. The molecule has 0 bridgehead atoms. The Kier molecular flexibility index (Phi) is 6.94. The number of fused-ring (bicyclic) bond motifs is 2. The fraction of sp³-hybridized carbons (Fsp3) is 0.333. The van der Waals surface area contributed by atoms with Crippen LogP contribution in [0.2, 0.25) is 5.02 Å². The van der Waals surface area contributed by atoms with Crippen molar-refractivity contribution in [3.8, 4) is 16.9 Å². The maximum absolute atomic E-state index is 6.61.